The van der Waals surface area contributed by atoms with Crippen molar-refractivity contribution in [3.05, 3.63) is 59.7 Å². The molecule has 1 aromatic heterocycles. The molecule has 2 aromatic carbocycles. The molecule has 202 valence electrons. The van der Waals surface area contributed by atoms with Crippen molar-refractivity contribution in [2.24, 2.45) is 0 Å². The van der Waals surface area contributed by atoms with Crippen LogP contribution in [0.25, 0.3) is 0 Å². The summed E-state index contributed by atoms with van der Waals surface area (Å²) in [4.78, 5) is 36.7. The maximum atomic E-state index is 12.6. The number of thioether (sulfide) groups is 1. The number of benzene rings is 2. The summed E-state index contributed by atoms with van der Waals surface area (Å²) in [6.07, 6.45) is 0. The Morgan fingerprint density at radius 3 is 2.16 bits per heavy atom. The standard InChI is InChI=1S/C24H27N5O6S3/c1-4-29(5-2)38(33,34)19-13-9-16(10-14-19)21(31)26-23-27-28-24(37-23)36-15-20(30)25-18-11-7-17(8-12-18)22(32)35-6-3/h7-14H,4-6,15H2,1-3H3,(H,25,30)(H,26,27,31). The first-order valence-corrected chi connectivity index (χ1v) is 14.9. The van der Waals surface area contributed by atoms with E-state index in [9.17, 15) is 22.8 Å². The lowest BCUT2D eigenvalue weighted by molar-refractivity contribution is -0.113. The topological polar surface area (TPSA) is 148 Å². The largest absolute Gasteiger partial charge is 0.462 e. The molecule has 0 aliphatic heterocycles. The van der Waals surface area contributed by atoms with Crippen molar-refractivity contribution in [1.29, 1.82) is 0 Å². The Bertz CT molecular complexity index is 1370. The first kappa shape index (κ1) is 29.2. The number of ether oxygens (including phenoxy) is 1. The van der Waals surface area contributed by atoms with Gasteiger partial charge in [0.2, 0.25) is 21.1 Å². The molecule has 0 unspecified atom stereocenters. The van der Waals surface area contributed by atoms with Gasteiger partial charge in [0.05, 0.1) is 22.8 Å². The number of amides is 2. The van der Waals surface area contributed by atoms with Gasteiger partial charge in [-0.1, -0.05) is 36.9 Å². The molecule has 38 heavy (non-hydrogen) atoms. The minimum absolute atomic E-state index is 0.0602. The molecule has 11 nitrogen and oxygen atoms in total. The van der Waals surface area contributed by atoms with Crippen LogP contribution in [0.3, 0.4) is 0 Å². The third-order valence-electron chi connectivity index (χ3n) is 5.09. The average molecular weight is 578 g/mol. The van der Waals surface area contributed by atoms with E-state index in [-0.39, 0.29) is 33.9 Å². The second-order valence-corrected chi connectivity index (χ2v) is 11.7. The monoisotopic (exact) mass is 577 g/mol. The molecule has 0 saturated carbocycles. The summed E-state index contributed by atoms with van der Waals surface area (Å²) in [5.41, 5.74) is 1.19. The fraction of sp³-hybridized carbons (Fsp3) is 0.292. The van der Waals surface area contributed by atoms with Gasteiger partial charge in [0.15, 0.2) is 4.34 Å². The molecule has 0 fully saturated rings. The Hall–Kier alpha value is -3.33. The van der Waals surface area contributed by atoms with E-state index < -0.39 is 21.9 Å². The fourth-order valence-electron chi connectivity index (χ4n) is 3.21. The summed E-state index contributed by atoms with van der Waals surface area (Å²) in [5.74, 6) is -1.11. The molecule has 14 heteroatoms. The first-order valence-electron chi connectivity index (χ1n) is 11.6. The number of nitrogens with zero attached hydrogens (tertiary/aromatic N) is 3. The summed E-state index contributed by atoms with van der Waals surface area (Å²) in [5, 5.41) is 13.5. The van der Waals surface area contributed by atoms with E-state index in [2.05, 4.69) is 20.8 Å². The highest BCUT2D eigenvalue weighted by molar-refractivity contribution is 8.01. The number of hydrogen-bond donors (Lipinski definition) is 2. The molecule has 3 rings (SSSR count). The van der Waals surface area contributed by atoms with Crippen molar-refractivity contribution in [1.82, 2.24) is 14.5 Å². The molecule has 0 saturated heterocycles. The van der Waals surface area contributed by atoms with Gasteiger partial charge in [-0.25, -0.2) is 13.2 Å². The van der Waals surface area contributed by atoms with Crippen molar-refractivity contribution in [3.8, 4) is 0 Å². The van der Waals surface area contributed by atoms with Gasteiger partial charge in [-0.2, -0.15) is 4.31 Å². The molecule has 2 amide bonds. The zero-order valence-electron chi connectivity index (χ0n) is 21.0. The molecular weight excluding hydrogens is 550 g/mol. The number of nitrogens with one attached hydrogen (secondary N) is 2. The van der Waals surface area contributed by atoms with Gasteiger partial charge in [-0.3, -0.25) is 14.9 Å². The zero-order chi connectivity index (χ0) is 27.7. The number of carbonyl (C=O) groups excluding carboxylic acids is 3. The van der Waals surface area contributed by atoms with E-state index in [1.54, 1.807) is 45.0 Å². The number of anilines is 2. The van der Waals surface area contributed by atoms with Crippen LogP contribution in [0.15, 0.2) is 57.8 Å². The van der Waals surface area contributed by atoms with Gasteiger partial charge < -0.3 is 10.1 Å². The Labute approximate surface area is 229 Å². The lowest BCUT2D eigenvalue weighted by Gasteiger charge is -2.18. The molecule has 0 aliphatic rings. The quantitative estimate of drug-likeness (QED) is 0.187. The maximum absolute atomic E-state index is 12.6. The summed E-state index contributed by atoms with van der Waals surface area (Å²) in [7, 11) is -3.61. The number of hydrogen-bond acceptors (Lipinski definition) is 10. The van der Waals surface area contributed by atoms with Crippen molar-refractivity contribution >= 4 is 61.7 Å². The maximum Gasteiger partial charge on any atom is 0.338 e. The number of aromatic nitrogens is 2. The molecule has 0 spiro atoms. The van der Waals surface area contributed by atoms with Crippen LogP contribution in [0, 0.1) is 0 Å². The average Bonchev–Trinajstić information content (AvgIpc) is 3.36. The van der Waals surface area contributed by atoms with E-state index in [1.165, 1.54) is 28.6 Å². The number of sulfonamides is 1. The third kappa shape index (κ3) is 7.60. The lowest BCUT2D eigenvalue weighted by atomic mass is 10.2. The molecule has 2 N–H and O–H groups in total. The van der Waals surface area contributed by atoms with Crippen molar-refractivity contribution in [2.75, 3.05) is 36.1 Å². The Balaban J connectivity index is 1.51. The summed E-state index contributed by atoms with van der Waals surface area (Å²) in [6.45, 7) is 6.23. The Morgan fingerprint density at radius 1 is 0.921 bits per heavy atom. The molecule has 3 aromatic rings. The second kappa shape index (κ2) is 13.5. The smallest absolute Gasteiger partial charge is 0.338 e. The van der Waals surface area contributed by atoms with Crippen molar-refractivity contribution in [2.45, 2.75) is 30.0 Å². The van der Waals surface area contributed by atoms with Gasteiger partial charge in [0, 0.05) is 24.3 Å². The van der Waals surface area contributed by atoms with Gasteiger partial charge in [0.1, 0.15) is 0 Å². The van der Waals surface area contributed by atoms with Gasteiger partial charge in [0.25, 0.3) is 5.91 Å². The molecule has 1 heterocycles. The first-order chi connectivity index (χ1) is 18.2. The highest BCUT2D eigenvalue weighted by Gasteiger charge is 2.22. The van der Waals surface area contributed by atoms with Crippen LogP contribution in [0.2, 0.25) is 0 Å². The fourth-order valence-corrected chi connectivity index (χ4v) is 6.21. The van der Waals surface area contributed by atoms with E-state index >= 15 is 0 Å². The van der Waals surface area contributed by atoms with Crippen LogP contribution in [-0.2, 0) is 19.6 Å². The lowest BCUT2D eigenvalue weighted by Crippen LogP contribution is -2.30. The second-order valence-electron chi connectivity index (χ2n) is 7.58. The van der Waals surface area contributed by atoms with E-state index in [0.29, 0.717) is 28.7 Å². The normalized spacial score (nSPS) is 11.3. The predicted molar refractivity (Wildman–Crippen MR) is 146 cm³/mol. The van der Waals surface area contributed by atoms with Gasteiger partial charge in [-0.15, -0.1) is 10.2 Å². The van der Waals surface area contributed by atoms with Crippen LogP contribution in [0.5, 0.6) is 0 Å². The highest BCUT2D eigenvalue weighted by Crippen LogP contribution is 2.26. The number of rotatable bonds is 12. The summed E-state index contributed by atoms with van der Waals surface area (Å²) >= 11 is 2.26. The zero-order valence-corrected chi connectivity index (χ0v) is 23.4. The van der Waals surface area contributed by atoms with Gasteiger partial charge in [-0.05, 0) is 55.5 Å². The highest BCUT2D eigenvalue weighted by atomic mass is 32.2. The summed E-state index contributed by atoms with van der Waals surface area (Å²) in [6, 6.07) is 12.0. The van der Waals surface area contributed by atoms with Crippen LogP contribution in [-0.4, -0.2) is 66.2 Å². The molecule has 0 bridgehead atoms. The Kier molecular flexibility index (Phi) is 10.4. The van der Waals surface area contributed by atoms with Crippen LogP contribution < -0.4 is 10.6 Å². The Morgan fingerprint density at radius 2 is 1.55 bits per heavy atom. The minimum Gasteiger partial charge on any atom is -0.462 e. The minimum atomic E-state index is -3.61. The van der Waals surface area contributed by atoms with Crippen molar-refractivity contribution < 1.29 is 27.5 Å². The van der Waals surface area contributed by atoms with Crippen LogP contribution >= 0.6 is 23.1 Å². The molecule has 0 atom stereocenters. The van der Waals surface area contributed by atoms with Crippen LogP contribution in [0.4, 0.5) is 10.8 Å². The molecular formula is C24H27N5O6S3. The van der Waals surface area contributed by atoms with Crippen LogP contribution in [0.1, 0.15) is 41.5 Å². The SMILES string of the molecule is CCOC(=O)c1ccc(NC(=O)CSc2nnc(NC(=O)c3ccc(S(=O)(=O)N(CC)CC)cc3)s2)cc1. The predicted octanol–water partition coefficient (Wildman–Crippen LogP) is 3.73. The number of esters is 1. The molecule has 0 radical (unpaired) electrons. The van der Waals surface area contributed by atoms with Crippen molar-refractivity contribution in [3.63, 3.8) is 0 Å². The summed E-state index contributed by atoms with van der Waals surface area (Å²) < 4.78 is 32.0. The number of carbonyl (C=O) groups is 3. The van der Waals surface area contributed by atoms with Gasteiger partial charge >= 0.3 is 5.97 Å². The third-order valence-corrected chi connectivity index (χ3v) is 9.13. The van der Waals surface area contributed by atoms with E-state index in [0.717, 1.165) is 23.1 Å². The van der Waals surface area contributed by atoms with E-state index in [1.807, 2.05) is 0 Å². The molecule has 0 aliphatic carbocycles. The van der Waals surface area contributed by atoms with E-state index in [4.69, 9.17) is 4.74 Å².